The van der Waals surface area contributed by atoms with Crippen molar-refractivity contribution >= 4 is 21.9 Å². The highest BCUT2D eigenvalue weighted by atomic mass is 79.9. The molecule has 108 valence electrons. The minimum Gasteiger partial charge on any atom is -0.481 e. The molecule has 0 radical (unpaired) electrons. The fraction of sp³-hybridized carbons (Fsp3) is 0.500. The van der Waals surface area contributed by atoms with Crippen LogP contribution in [-0.4, -0.2) is 35.9 Å². The minimum atomic E-state index is -0.695. The third kappa shape index (κ3) is 2.76. The lowest BCUT2D eigenvalue weighted by molar-refractivity contribution is -0.143. The average molecular weight is 342 g/mol. The molecular weight excluding hydrogens is 326 g/mol. The molecule has 1 aromatic rings. The fourth-order valence-electron chi connectivity index (χ4n) is 2.72. The van der Waals surface area contributed by atoms with Crippen LogP contribution in [0.2, 0.25) is 0 Å². The van der Waals surface area contributed by atoms with Crippen molar-refractivity contribution < 1.29 is 19.4 Å². The summed E-state index contributed by atoms with van der Waals surface area (Å²) in [6.07, 6.45) is 1.70. The van der Waals surface area contributed by atoms with Crippen molar-refractivity contribution in [3.63, 3.8) is 0 Å². The minimum absolute atomic E-state index is 0.253. The number of benzene rings is 1. The summed E-state index contributed by atoms with van der Waals surface area (Å²) in [4.78, 5) is 13.3. The standard InChI is InChI=1S/C14H16BrNO4/c15-11-5-13-12(19-8-20-13)4-10(11)7-16-3-1-2-9(6-16)14(17)18/h4-5,9H,1-3,6-8H2,(H,17,18). The lowest BCUT2D eigenvalue weighted by Crippen LogP contribution is -2.38. The number of halogens is 1. The maximum Gasteiger partial charge on any atom is 0.307 e. The molecule has 1 aromatic carbocycles. The van der Waals surface area contributed by atoms with Gasteiger partial charge in [0.05, 0.1) is 5.92 Å². The van der Waals surface area contributed by atoms with Gasteiger partial charge in [-0.15, -0.1) is 0 Å². The zero-order valence-corrected chi connectivity index (χ0v) is 12.6. The van der Waals surface area contributed by atoms with Gasteiger partial charge in [-0.1, -0.05) is 15.9 Å². The van der Waals surface area contributed by atoms with Crippen molar-refractivity contribution in [2.45, 2.75) is 19.4 Å². The molecule has 0 amide bonds. The number of hydrogen-bond acceptors (Lipinski definition) is 4. The first kappa shape index (κ1) is 13.7. The average Bonchev–Trinajstić information content (AvgIpc) is 2.86. The van der Waals surface area contributed by atoms with Gasteiger partial charge in [-0.05, 0) is 37.1 Å². The summed E-state index contributed by atoms with van der Waals surface area (Å²) in [6, 6.07) is 3.88. The van der Waals surface area contributed by atoms with Gasteiger partial charge in [0.15, 0.2) is 11.5 Å². The number of fused-ring (bicyclic) bond motifs is 1. The SMILES string of the molecule is O=C(O)C1CCCN(Cc2cc3c(cc2Br)OCO3)C1. The predicted molar refractivity (Wildman–Crippen MR) is 75.9 cm³/mol. The van der Waals surface area contributed by atoms with Gasteiger partial charge in [0.1, 0.15) is 0 Å². The van der Waals surface area contributed by atoms with E-state index < -0.39 is 5.97 Å². The molecule has 1 N–H and O–H groups in total. The van der Waals surface area contributed by atoms with Crippen molar-refractivity contribution in [1.29, 1.82) is 0 Å². The number of carboxylic acids is 1. The van der Waals surface area contributed by atoms with E-state index in [0.717, 1.165) is 47.5 Å². The Morgan fingerprint density at radius 2 is 2.15 bits per heavy atom. The number of rotatable bonds is 3. The van der Waals surface area contributed by atoms with E-state index in [-0.39, 0.29) is 12.7 Å². The van der Waals surface area contributed by atoms with Gasteiger partial charge in [-0.2, -0.15) is 0 Å². The summed E-state index contributed by atoms with van der Waals surface area (Å²) < 4.78 is 11.7. The highest BCUT2D eigenvalue weighted by Gasteiger charge is 2.26. The number of carbonyl (C=O) groups is 1. The van der Waals surface area contributed by atoms with Gasteiger partial charge in [-0.25, -0.2) is 0 Å². The Labute approximate surface area is 125 Å². The summed E-state index contributed by atoms with van der Waals surface area (Å²) in [7, 11) is 0. The lowest BCUT2D eigenvalue weighted by atomic mass is 9.98. The van der Waals surface area contributed by atoms with Crippen LogP contribution in [0.3, 0.4) is 0 Å². The van der Waals surface area contributed by atoms with Crippen LogP contribution in [0.25, 0.3) is 0 Å². The molecule has 0 saturated carbocycles. The first-order valence-electron chi connectivity index (χ1n) is 6.66. The van der Waals surface area contributed by atoms with E-state index in [1.807, 2.05) is 12.1 Å². The van der Waals surface area contributed by atoms with Crippen molar-refractivity contribution in [1.82, 2.24) is 4.90 Å². The smallest absolute Gasteiger partial charge is 0.307 e. The molecule has 1 atom stereocenters. The molecule has 2 aliphatic heterocycles. The molecule has 0 aromatic heterocycles. The molecule has 2 heterocycles. The van der Waals surface area contributed by atoms with E-state index in [1.165, 1.54) is 0 Å². The number of carboxylic acid groups (broad SMARTS) is 1. The van der Waals surface area contributed by atoms with Crippen LogP contribution in [0.15, 0.2) is 16.6 Å². The first-order chi connectivity index (χ1) is 9.63. The number of hydrogen-bond donors (Lipinski definition) is 1. The Bertz CT molecular complexity index is 534. The van der Waals surface area contributed by atoms with Crippen LogP contribution in [-0.2, 0) is 11.3 Å². The molecule has 0 aliphatic carbocycles. The van der Waals surface area contributed by atoms with Gasteiger partial charge in [0.2, 0.25) is 6.79 Å². The van der Waals surface area contributed by atoms with Crippen LogP contribution < -0.4 is 9.47 Å². The number of ether oxygens (including phenoxy) is 2. The molecule has 0 spiro atoms. The summed E-state index contributed by atoms with van der Waals surface area (Å²) in [5, 5.41) is 9.13. The molecule has 1 unspecified atom stereocenters. The molecule has 1 fully saturated rings. The van der Waals surface area contributed by atoms with Gasteiger partial charge in [0, 0.05) is 17.6 Å². The Morgan fingerprint density at radius 3 is 2.90 bits per heavy atom. The highest BCUT2D eigenvalue weighted by Crippen LogP contribution is 2.37. The Morgan fingerprint density at radius 1 is 1.40 bits per heavy atom. The van der Waals surface area contributed by atoms with E-state index in [9.17, 15) is 4.79 Å². The zero-order chi connectivity index (χ0) is 14.1. The third-order valence-electron chi connectivity index (χ3n) is 3.79. The van der Waals surface area contributed by atoms with Crippen molar-refractivity contribution in [2.24, 2.45) is 5.92 Å². The Hall–Kier alpha value is -1.27. The largest absolute Gasteiger partial charge is 0.481 e. The maximum atomic E-state index is 11.1. The van der Waals surface area contributed by atoms with Crippen LogP contribution in [0.1, 0.15) is 18.4 Å². The van der Waals surface area contributed by atoms with E-state index in [2.05, 4.69) is 20.8 Å². The number of likely N-dealkylation sites (tertiary alicyclic amines) is 1. The van der Waals surface area contributed by atoms with Crippen LogP contribution in [0, 0.1) is 5.92 Å². The molecule has 6 heteroatoms. The second kappa shape index (κ2) is 5.61. The van der Waals surface area contributed by atoms with Crippen molar-refractivity contribution in [2.75, 3.05) is 19.9 Å². The van der Waals surface area contributed by atoms with Gasteiger partial charge in [-0.3, -0.25) is 9.69 Å². The quantitative estimate of drug-likeness (QED) is 0.915. The molecule has 0 bridgehead atoms. The molecule has 20 heavy (non-hydrogen) atoms. The second-order valence-corrected chi connectivity index (χ2v) is 6.06. The van der Waals surface area contributed by atoms with Crippen LogP contribution in [0.5, 0.6) is 11.5 Å². The van der Waals surface area contributed by atoms with Crippen molar-refractivity contribution in [3.8, 4) is 11.5 Å². The topological polar surface area (TPSA) is 59.0 Å². The van der Waals surface area contributed by atoms with Gasteiger partial charge >= 0.3 is 5.97 Å². The number of piperidine rings is 1. The summed E-state index contributed by atoms with van der Waals surface area (Å²) in [6.45, 7) is 2.53. The second-order valence-electron chi connectivity index (χ2n) is 5.21. The molecule has 5 nitrogen and oxygen atoms in total. The van der Waals surface area contributed by atoms with Crippen LogP contribution >= 0.6 is 15.9 Å². The zero-order valence-electron chi connectivity index (χ0n) is 11.0. The number of aliphatic carboxylic acids is 1. The van der Waals surface area contributed by atoms with E-state index in [4.69, 9.17) is 14.6 Å². The van der Waals surface area contributed by atoms with Gasteiger partial charge < -0.3 is 14.6 Å². The lowest BCUT2D eigenvalue weighted by Gasteiger charge is -2.30. The monoisotopic (exact) mass is 341 g/mol. The predicted octanol–water partition coefficient (Wildman–Crippen LogP) is 2.47. The normalized spacial score (nSPS) is 21.9. The molecular formula is C14H16BrNO4. The van der Waals surface area contributed by atoms with E-state index in [0.29, 0.717) is 6.54 Å². The molecule has 3 rings (SSSR count). The third-order valence-corrected chi connectivity index (χ3v) is 4.53. The van der Waals surface area contributed by atoms with Crippen LogP contribution in [0.4, 0.5) is 0 Å². The van der Waals surface area contributed by atoms with Crippen molar-refractivity contribution in [3.05, 3.63) is 22.2 Å². The van der Waals surface area contributed by atoms with Gasteiger partial charge in [0.25, 0.3) is 0 Å². The Balaban J connectivity index is 1.73. The first-order valence-corrected chi connectivity index (χ1v) is 7.46. The summed E-state index contributed by atoms with van der Waals surface area (Å²) in [5.41, 5.74) is 1.10. The molecule has 2 aliphatic rings. The van der Waals surface area contributed by atoms with E-state index in [1.54, 1.807) is 0 Å². The maximum absolute atomic E-state index is 11.1. The number of nitrogens with zero attached hydrogens (tertiary/aromatic N) is 1. The molecule has 1 saturated heterocycles. The highest BCUT2D eigenvalue weighted by molar-refractivity contribution is 9.10. The summed E-state index contributed by atoms with van der Waals surface area (Å²) >= 11 is 3.54. The van der Waals surface area contributed by atoms with E-state index >= 15 is 0 Å². The fourth-order valence-corrected chi connectivity index (χ4v) is 3.17. The Kier molecular flexibility index (Phi) is 3.85. The summed E-state index contributed by atoms with van der Waals surface area (Å²) in [5.74, 6) is 0.564.